The molecular formula is C15H22O5. The lowest BCUT2D eigenvalue weighted by Gasteiger charge is -2.41. The summed E-state index contributed by atoms with van der Waals surface area (Å²) in [6, 6.07) is 0. The molecule has 112 valence electrons. The molecular weight excluding hydrogens is 260 g/mol. The molecule has 0 unspecified atom stereocenters. The van der Waals surface area contributed by atoms with Gasteiger partial charge in [0, 0.05) is 17.4 Å². The molecule has 1 aliphatic heterocycles. The Kier molecular flexibility index (Phi) is 3.01. The van der Waals surface area contributed by atoms with Crippen LogP contribution in [0.1, 0.15) is 26.7 Å². The average Bonchev–Trinajstić information content (AvgIpc) is 2.72. The molecule has 2 saturated carbocycles. The molecule has 3 aliphatic rings. The molecule has 20 heavy (non-hydrogen) atoms. The number of hydrogen-bond acceptors (Lipinski definition) is 5. The van der Waals surface area contributed by atoms with E-state index < -0.39 is 41.7 Å². The first-order chi connectivity index (χ1) is 9.28. The highest BCUT2D eigenvalue weighted by atomic mass is 16.6. The third-order valence-corrected chi connectivity index (χ3v) is 5.83. The normalized spacial score (nSPS) is 55.1. The van der Waals surface area contributed by atoms with Crippen LogP contribution in [0.3, 0.4) is 0 Å². The Balaban J connectivity index is 2.06. The number of ether oxygens (including phenoxy) is 1. The van der Waals surface area contributed by atoms with Crippen molar-refractivity contribution in [2.24, 2.45) is 23.2 Å². The van der Waals surface area contributed by atoms with E-state index >= 15 is 0 Å². The SMILES string of the molecule is C=C1C(=O)O[C@H]2C[C@H](C)[C@@H]3[C@H](O)C[C@H](O)[C@@]3(C)[C@H](O)[C@H]12. The Morgan fingerprint density at radius 2 is 1.95 bits per heavy atom. The van der Waals surface area contributed by atoms with E-state index in [2.05, 4.69) is 6.58 Å². The van der Waals surface area contributed by atoms with Gasteiger partial charge in [0.2, 0.25) is 0 Å². The molecule has 0 radical (unpaired) electrons. The lowest BCUT2D eigenvalue weighted by molar-refractivity contribution is -0.140. The van der Waals surface area contributed by atoms with E-state index in [1.54, 1.807) is 6.92 Å². The standard InChI is InChI=1S/C15H22O5/c1-6-4-9-11(7(2)14(19)20-9)13(18)15(3)10(17)5-8(16)12(6)15/h6,8-13,16-18H,2,4-5H2,1,3H3/t6-,8+,9-,10-,11+,12+,13+,15+/m0/s1. The summed E-state index contributed by atoms with van der Waals surface area (Å²) in [6.45, 7) is 7.53. The predicted molar refractivity (Wildman–Crippen MR) is 70.5 cm³/mol. The van der Waals surface area contributed by atoms with Crippen LogP contribution in [0, 0.1) is 23.2 Å². The monoisotopic (exact) mass is 282 g/mol. The fourth-order valence-corrected chi connectivity index (χ4v) is 4.79. The van der Waals surface area contributed by atoms with E-state index in [4.69, 9.17) is 4.74 Å². The Morgan fingerprint density at radius 1 is 1.30 bits per heavy atom. The maximum Gasteiger partial charge on any atom is 0.334 e. The molecule has 2 aliphatic carbocycles. The number of fused-ring (bicyclic) bond motifs is 2. The molecule has 0 bridgehead atoms. The molecule has 1 saturated heterocycles. The molecule has 8 atom stereocenters. The molecule has 0 aromatic rings. The molecule has 5 heteroatoms. The van der Waals surface area contributed by atoms with Gasteiger partial charge in [-0.05, 0) is 18.3 Å². The summed E-state index contributed by atoms with van der Waals surface area (Å²) in [7, 11) is 0. The summed E-state index contributed by atoms with van der Waals surface area (Å²) in [5, 5.41) is 31.4. The van der Waals surface area contributed by atoms with Crippen molar-refractivity contribution >= 4 is 5.97 Å². The van der Waals surface area contributed by atoms with Gasteiger partial charge in [0.05, 0.1) is 24.2 Å². The third-order valence-electron chi connectivity index (χ3n) is 5.83. The van der Waals surface area contributed by atoms with Crippen molar-refractivity contribution in [1.29, 1.82) is 0 Å². The minimum Gasteiger partial charge on any atom is -0.458 e. The van der Waals surface area contributed by atoms with Gasteiger partial charge in [-0.1, -0.05) is 20.4 Å². The Morgan fingerprint density at radius 3 is 2.60 bits per heavy atom. The van der Waals surface area contributed by atoms with Gasteiger partial charge in [-0.3, -0.25) is 0 Å². The summed E-state index contributed by atoms with van der Waals surface area (Å²) in [5.41, 5.74) is -0.556. The van der Waals surface area contributed by atoms with Crippen LogP contribution in [0.15, 0.2) is 12.2 Å². The third kappa shape index (κ3) is 1.57. The van der Waals surface area contributed by atoms with Crippen LogP contribution in [0.5, 0.6) is 0 Å². The van der Waals surface area contributed by atoms with Gasteiger partial charge in [-0.25, -0.2) is 4.79 Å². The largest absolute Gasteiger partial charge is 0.458 e. The molecule has 0 aromatic carbocycles. The summed E-state index contributed by atoms with van der Waals surface area (Å²) in [5.74, 6) is -1.10. The summed E-state index contributed by atoms with van der Waals surface area (Å²) in [4.78, 5) is 11.7. The average molecular weight is 282 g/mol. The second-order valence-corrected chi connectivity index (χ2v) is 6.86. The number of rotatable bonds is 0. The molecule has 3 fully saturated rings. The molecule has 1 heterocycles. The number of carbonyl (C=O) groups is 1. The van der Waals surface area contributed by atoms with E-state index in [-0.39, 0.29) is 23.8 Å². The maximum atomic E-state index is 11.7. The van der Waals surface area contributed by atoms with Crippen LogP contribution >= 0.6 is 0 Å². The lowest BCUT2D eigenvalue weighted by Crippen LogP contribution is -2.49. The highest BCUT2D eigenvalue weighted by Gasteiger charge is 2.63. The number of aliphatic hydroxyl groups is 3. The molecule has 0 aromatic heterocycles. The van der Waals surface area contributed by atoms with Gasteiger partial charge in [-0.15, -0.1) is 0 Å². The zero-order chi connectivity index (χ0) is 14.8. The van der Waals surface area contributed by atoms with Gasteiger partial charge in [0.15, 0.2) is 0 Å². The first-order valence-electron chi connectivity index (χ1n) is 7.22. The van der Waals surface area contributed by atoms with Crippen LogP contribution in [0.2, 0.25) is 0 Å². The van der Waals surface area contributed by atoms with Crippen molar-refractivity contribution in [1.82, 2.24) is 0 Å². The van der Waals surface area contributed by atoms with E-state index in [1.165, 1.54) is 0 Å². The molecule has 3 rings (SSSR count). The molecule has 5 nitrogen and oxygen atoms in total. The minimum atomic E-state index is -0.937. The quantitative estimate of drug-likeness (QED) is 0.437. The Hall–Kier alpha value is -0.910. The number of esters is 1. The van der Waals surface area contributed by atoms with Crippen molar-refractivity contribution < 1.29 is 24.9 Å². The summed E-state index contributed by atoms with van der Waals surface area (Å²) >= 11 is 0. The van der Waals surface area contributed by atoms with E-state index in [9.17, 15) is 20.1 Å². The van der Waals surface area contributed by atoms with Crippen LogP contribution in [-0.2, 0) is 9.53 Å². The van der Waals surface area contributed by atoms with E-state index in [0.29, 0.717) is 6.42 Å². The first-order valence-corrected chi connectivity index (χ1v) is 7.22. The predicted octanol–water partition coefficient (Wildman–Crippen LogP) is 0.233. The van der Waals surface area contributed by atoms with Crippen molar-refractivity contribution in [3.05, 3.63) is 12.2 Å². The highest BCUT2D eigenvalue weighted by Crippen LogP contribution is 2.56. The van der Waals surface area contributed by atoms with Gasteiger partial charge in [0.25, 0.3) is 0 Å². The smallest absolute Gasteiger partial charge is 0.334 e. The Bertz CT molecular complexity index is 461. The van der Waals surface area contributed by atoms with Crippen LogP contribution < -0.4 is 0 Å². The number of aliphatic hydroxyl groups excluding tert-OH is 3. The minimum absolute atomic E-state index is 0.0514. The second-order valence-electron chi connectivity index (χ2n) is 6.86. The highest BCUT2D eigenvalue weighted by molar-refractivity contribution is 5.91. The molecule has 0 amide bonds. The van der Waals surface area contributed by atoms with Gasteiger partial charge in [0.1, 0.15) is 6.10 Å². The van der Waals surface area contributed by atoms with Crippen LogP contribution in [-0.4, -0.2) is 45.7 Å². The topological polar surface area (TPSA) is 87.0 Å². The zero-order valence-electron chi connectivity index (χ0n) is 11.8. The van der Waals surface area contributed by atoms with Crippen LogP contribution in [0.25, 0.3) is 0 Å². The fraction of sp³-hybridized carbons (Fsp3) is 0.800. The van der Waals surface area contributed by atoms with Crippen molar-refractivity contribution in [3.8, 4) is 0 Å². The van der Waals surface area contributed by atoms with Crippen molar-refractivity contribution in [2.75, 3.05) is 0 Å². The van der Waals surface area contributed by atoms with Crippen molar-refractivity contribution in [3.63, 3.8) is 0 Å². The fourth-order valence-electron chi connectivity index (χ4n) is 4.79. The van der Waals surface area contributed by atoms with E-state index in [0.717, 1.165) is 0 Å². The lowest BCUT2D eigenvalue weighted by atomic mass is 9.67. The molecule has 3 N–H and O–H groups in total. The van der Waals surface area contributed by atoms with Gasteiger partial charge < -0.3 is 20.1 Å². The maximum absolute atomic E-state index is 11.7. The Labute approximate surface area is 118 Å². The van der Waals surface area contributed by atoms with Crippen LogP contribution in [0.4, 0.5) is 0 Å². The first kappa shape index (κ1) is 14.0. The zero-order valence-corrected chi connectivity index (χ0v) is 11.8. The summed E-state index contributed by atoms with van der Waals surface area (Å²) < 4.78 is 5.32. The van der Waals surface area contributed by atoms with Crippen molar-refractivity contribution in [2.45, 2.75) is 51.1 Å². The number of hydrogen-bond donors (Lipinski definition) is 3. The van der Waals surface area contributed by atoms with E-state index in [1.807, 2.05) is 6.92 Å². The summed E-state index contributed by atoms with van der Waals surface area (Å²) in [6.07, 6.45) is -1.92. The number of carbonyl (C=O) groups excluding carboxylic acids is 1. The van der Waals surface area contributed by atoms with Gasteiger partial charge in [-0.2, -0.15) is 0 Å². The molecule has 0 spiro atoms. The second kappa shape index (κ2) is 4.29. The van der Waals surface area contributed by atoms with Gasteiger partial charge >= 0.3 is 5.97 Å².